The van der Waals surface area contributed by atoms with E-state index in [2.05, 4.69) is 5.10 Å². The van der Waals surface area contributed by atoms with E-state index in [1.54, 1.807) is 7.05 Å². The van der Waals surface area contributed by atoms with Crippen molar-refractivity contribution < 1.29 is 13.6 Å². The Morgan fingerprint density at radius 2 is 1.97 bits per heavy atom. The Labute approximate surface area is 173 Å². The summed E-state index contributed by atoms with van der Waals surface area (Å²) >= 11 is 1.26. The monoisotopic (exact) mass is 418 g/mol. The van der Waals surface area contributed by atoms with E-state index in [4.69, 9.17) is 5.73 Å². The van der Waals surface area contributed by atoms with Crippen LogP contribution in [-0.4, -0.2) is 41.1 Å². The minimum atomic E-state index is -0.894. The smallest absolute Gasteiger partial charge is 0.330 e. The Morgan fingerprint density at radius 1 is 1.24 bits per heavy atom. The zero-order chi connectivity index (χ0) is 21.0. The van der Waals surface area contributed by atoms with Crippen molar-refractivity contribution in [3.63, 3.8) is 0 Å². The van der Waals surface area contributed by atoms with Gasteiger partial charge in [0.25, 0.3) is 0 Å². The maximum absolute atomic E-state index is 14.5. The fourth-order valence-corrected chi connectivity index (χ4v) is 4.60. The summed E-state index contributed by atoms with van der Waals surface area (Å²) in [7, 11) is 1.68. The molecule has 2 N–H and O–H groups in total. The molecule has 0 saturated heterocycles. The van der Waals surface area contributed by atoms with Gasteiger partial charge in [-0.05, 0) is 50.1 Å². The molecular formula is C21H24F2N4OS. The number of carbonyl (C=O) groups is 1. The molecular weight excluding hydrogens is 394 g/mol. The normalized spacial score (nSPS) is 18.7. The van der Waals surface area contributed by atoms with E-state index in [0.29, 0.717) is 25.9 Å². The van der Waals surface area contributed by atoms with Crippen molar-refractivity contribution in [1.82, 2.24) is 9.91 Å². The lowest BCUT2D eigenvalue weighted by Crippen LogP contribution is -2.47. The molecule has 2 amide bonds. The van der Waals surface area contributed by atoms with Gasteiger partial charge >= 0.3 is 6.03 Å². The van der Waals surface area contributed by atoms with Gasteiger partial charge in [0.1, 0.15) is 21.5 Å². The first-order valence-corrected chi connectivity index (χ1v) is 10.3. The highest BCUT2D eigenvalue weighted by Gasteiger charge is 2.49. The molecule has 1 heterocycles. The maximum atomic E-state index is 14.5. The highest BCUT2D eigenvalue weighted by atomic mass is 32.2. The van der Waals surface area contributed by atoms with Gasteiger partial charge in [-0.25, -0.2) is 13.6 Å². The molecule has 0 radical (unpaired) electrons. The van der Waals surface area contributed by atoms with Crippen LogP contribution in [-0.2, 0) is 4.87 Å². The van der Waals surface area contributed by atoms with Gasteiger partial charge in [-0.3, -0.25) is 0 Å². The molecule has 0 aliphatic carbocycles. The molecule has 29 heavy (non-hydrogen) atoms. The molecule has 154 valence electrons. The minimum absolute atomic E-state index is 0.0394. The van der Waals surface area contributed by atoms with E-state index in [1.165, 1.54) is 21.7 Å². The first-order valence-electron chi connectivity index (χ1n) is 9.47. The van der Waals surface area contributed by atoms with Crippen molar-refractivity contribution in [3.8, 4) is 0 Å². The predicted octanol–water partition coefficient (Wildman–Crippen LogP) is 4.34. The lowest BCUT2D eigenvalue weighted by atomic mass is 10.0. The first-order chi connectivity index (χ1) is 13.9. The van der Waals surface area contributed by atoms with E-state index < -0.39 is 16.5 Å². The Bertz CT molecular complexity index is 909. The van der Waals surface area contributed by atoms with Crippen LogP contribution >= 0.6 is 11.8 Å². The predicted molar refractivity (Wildman–Crippen MR) is 112 cm³/mol. The molecule has 1 atom stereocenters. The number of rotatable bonds is 6. The van der Waals surface area contributed by atoms with Crippen LogP contribution in [0.3, 0.4) is 0 Å². The molecule has 2 aromatic rings. The molecule has 1 aliphatic rings. The quantitative estimate of drug-likeness (QED) is 0.759. The number of nitrogens with two attached hydrogens (primary N) is 1. The molecule has 2 aromatic carbocycles. The SMILES string of the molecule is CCN(C)C(=O)N1N=C(c2cc(F)ccc2F)SC1(CCCN)c1ccccc1. The highest BCUT2D eigenvalue weighted by molar-refractivity contribution is 8.15. The zero-order valence-electron chi connectivity index (χ0n) is 16.4. The first kappa shape index (κ1) is 21.3. The van der Waals surface area contributed by atoms with Crippen molar-refractivity contribution in [2.75, 3.05) is 20.1 Å². The largest absolute Gasteiger partial charge is 0.341 e. The van der Waals surface area contributed by atoms with Crippen molar-refractivity contribution in [2.45, 2.75) is 24.6 Å². The molecule has 0 fully saturated rings. The number of carbonyl (C=O) groups excluding carboxylic acids is 1. The number of urea groups is 1. The zero-order valence-corrected chi connectivity index (χ0v) is 17.3. The number of hydrogen-bond donors (Lipinski definition) is 1. The second-order valence-corrected chi connectivity index (χ2v) is 8.05. The number of halogens is 2. The van der Waals surface area contributed by atoms with Crippen LogP contribution in [0.1, 0.15) is 30.9 Å². The average Bonchev–Trinajstić information content (AvgIpc) is 3.14. The molecule has 0 saturated carbocycles. The number of thioether (sulfide) groups is 1. The Hall–Kier alpha value is -2.45. The summed E-state index contributed by atoms with van der Waals surface area (Å²) in [4.78, 5) is 13.8. The third-order valence-corrected chi connectivity index (χ3v) is 6.33. The third kappa shape index (κ3) is 4.13. The second-order valence-electron chi connectivity index (χ2n) is 6.78. The van der Waals surface area contributed by atoms with E-state index in [-0.39, 0.29) is 16.6 Å². The second kappa shape index (κ2) is 8.92. The number of benzene rings is 2. The van der Waals surface area contributed by atoms with Gasteiger partial charge in [0.05, 0.1) is 0 Å². The molecule has 0 spiro atoms. The molecule has 5 nitrogen and oxygen atoms in total. The van der Waals surface area contributed by atoms with Crippen LogP contribution in [0.5, 0.6) is 0 Å². The van der Waals surface area contributed by atoms with Crippen LogP contribution in [0.2, 0.25) is 0 Å². The standard InChI is InChI=1S/C21H24F2N4OS/c1-3-26(2)20(28)27-21(12-7-13-24,15-8-5-4-6-9-15)29-19(25-27)17-14-16(22)10-11-18(17)23/h4-6,8-11,14H,3,7,12-13,24H2,1-2H3. The van der Waals surface area contributed by atoms with E-state index in [9.17, 15) is 13.6 Å². The van der Waals surface area contributed by atoms with Crippen molar-refractivity contribution in [1.29, 1.82) is 0 Å². The summed E-state index contributed by atoms with van der Waals surface area (Å²) in [5.41, 5.74) is 6.66. The van der Waals surface area contributed by atoms with Gasteiger partial charge < -0.3 is 10.6 Å². The van der Waals surface area contributed by atoms with Crippen LogP contribution < -0.4 is 5.73 Å². The van der Waals surface area contributed by atoms with Gasteiger partial charge in [0.2, 0.25) is 0 Å². The molecule has 0 aromatic heterocycles. The molecule has 1 unspecified atom stereocenters. The van der Waals surface area contributed by atoms with Crippen LogP contribution in [0.4, 0.5) is 13.6 Å². The number of nitrogens with zero attached hydrogens (tertiary/aromatic N) is 3. The lowest BCUT2D eigenvalue weighted by Gasteiger charge is -2.37. The van der Waals surface area contributed by atoms with Crippen molar-refractivity contribution in [3.05, 3.63) is 71.3 Å². The van der Waals surface area contributed by atoms with Gasteiger partial charge in [-0.15, -0.1) is 0 Å². The summed E-state index contributed by atoms with van der Waals surface area (Å²) in [5.74, 6) is -1.15. The van der Waals surface area contributed by atoms with E-state index in [1.807, 2.05) is 37.3 Å². The van der Waals surface area contributed by atoms with Crippen molar-refractivity contribution in [2.24, 2.45) is 10.8 Å². The third-order valence-electron chi connectivity index (χ3n) is 4.88. The number of hydrazone groups is 1. The summed E-state index contributed by atoms with van der Waals surface area (Å²) in [6.07, 6.45) is 1.15. The fraction of sp³-hybridized carbons (Fsp3) is 0.333. The number of amides is 2. The Kier molecular flexibility index (Phi) is 6.54. The Morgan fingerprint density at radius 3 is 2.62 bits per heavy atom. The molecule has 8 heteroatoms. The van der Waals surface area contributed by atoms with Crippen LogP contribution in [0.15, 0.2) is 53.6 Å². The molecule has 1 aliphatic heterocycles. The molecule has 0 bridgehead atoms. The summed E-state index contributed by atoms with van der Waals surface area (Å²) < 4.78 is 28.3. The highest BCUT2D eigenvalue weighted by Crippen LogP contribution is 2.50. The fourth-order valence-electron chi connectivity index (χ4n) is 3.18. The summed E-state index contributed by atoms with van der Waals surface area (Å²) in [6.45, 7) is 2.79. The van der Waals surface area contributed by atoms with Gasteiger partial charge in [0.15, 0.2) is 0 Å². The van der Waals surface area contributed by atoms with Gasteiger partial charge in [-0.1, -0.05) is 42.1 Å². The topological polar surface area (TPSA) is 61.9 Å². The summed E-state index contributed by atoms with van der Waals surface area (Å²) in [6, 6.07) is 12.4. The van der Waals surface area contributed by atoms with Gasteiger partial charge in [-0.2, -0.15) is 10.1 Å². The van der Waals surface area contributed by atoms with Crippen LogP contribution in [0.25, 0.3) is 0 Å². The average molecular weight is 419 g/mol. The Balaban J connectivity index is 2.15. The summed E-state index contributed by atoms with van der Waals surface area (Å²) in [5, 5.41) is 6.15. The van der Waals surface area contributed by atoms with E-state index >= 15 is 0 Å². The minimum Gasteiger partial charge on any atom is -0.330 e. The molecule has 3 rings (SSSR count). The van der Waals surface area contributed by atoms with Crippen molar-refractivity contribution >= 4 is 22.8 Å². The number of hydrogen-bond acceptors (Lipinski definition) is 4. The lowest BCUT2D eigenvalue weighted by molar-refractivity contribution is 0.133. The van der Waals surface area contributed by atoms with E-state index in [0.717, 1.165) is 23.8 Å². The van der Waals surface area contributed by atoms with Gasteiger partial charge in [0, 0.05) is 19.2 Å². The van der Waals surface area contributed by atoms with Crippen LogP contribution in [0, 0.1) is 11.6 Å². The maximum Gasteiger partial charge on any atom is 0.341 e.